The van der Waals surface area contributed by atoms with Crippen molar-refractivity contribution < 1.29 is 0 Å². The fourth-order valence-electron chi connectivity index (χ4n) is 2.71. The number of hydrogen-bond acceptors (Lipinski definition) is 3. The lowest BCUT2D eigenvalue weighted by atomic mass is 10.0. The van der Waals surface area contributed by atoms with Gasteiger partial charge in [-0.15, -0.1) is 0 Å². The van der Waals surface area contributed by atoms with E-state index in [2.05, 4.69) is 58.7 Å². The van der Waals surface area contributed by atoms with E-state index in [4.69, 9.17) is 0 Å². The maximum absolute atomic E-state index is 4.63. The summed E-state index contributed by atoms with van der Waals surface area (Å²) in [6.07, 6.45) is 4.71. The summed E-state index contributed by atoms with van der Waals surface area (Å²) in [6.45, 7) is 3.03. The van der Waals surface area contributed by atoms with E-state index in [1.54, 1.807) is 0 Å². The van der Waals surface area contributed by atoms with Gasteiger partial charge in [0.1, 0.15) is 0 Å². The van der Waals surface area contributed by atoms with E-state index in [9.17, 15) is 0 Å². The molecule has 3 rings (SSSR count). The number of likely N-dealkylation sites (N-methyl/N-ethyl adjacent to an activating group) is 1. The van der Waals surface area contributed by atoms with Crippen LogP contribution in [0.25, 0.3) is 10.8 Å². The Morgan fingerprint density at radius 1 is 1.19 bits per heavy atom. The fourth-order valence-corrected chi connectivity index (χ4v) is 2.71. The summed E-state index contributed by atoms with van der Waals surface area (Å²) in [7, 11) is 1.95. The van der Waals surface area contributed by atoms with Crippen LogP contribution in [0.1, 0.15) is 24.4 Å². The highest BCUT2D eigenvalue weighted by Gasteiger charge is 2.16. The standard InChI is InChI=1S/C17H20N4/c1-3-18-16(12-14-9-11-21(2)20-14)17-15-7-5-4-6-13(15)8-10-19-17/h4-11,16,18H,3,12H2,1-2H3. The molecule has 0 bridgehead atoms. The Balaban J connectivity index is 1.98. The molecule has 21 heavy (non-hydrogen) atoms. The van der Waals surface area contributed by atoms with Crippen LogP contribution in [0.2, 0.25) is 0 Å². The predicted octanol–water partition coefficient (Wildman–Crippen LogP) is 2.86. The molecule has 0 aliphatic rings. The fraction of sp³-hybridized carbons (Fsp3) is 0.294. The van der Waals surface area contributed by atoms with Crippen molar-refractivity contribution in [3.8, 4) is 0 Å². The topological polar surface area (TPSA) is 42.7 Å². The summed E-state index contributed by atoms with van der Waals surface area (Å²) < 4.78 is 1.84. The van der Waals surface area contributed by atoms with Crippen molar-refractivity contribution in [2.24, 2.45) is 7.05 Å². The van der Waals surface area contributed by atoms with Crippen molar-refractivity contribution in [1.29, 1.82) is 0 Å². The van der Waals surface area contributed by atoms with Crippen LogP contribution in [-0.2, 0) is 13.5 Å². The average molecular weight is 280 g/mol. The van der Waals surface area contributed by atoms with E-state index in [0.717, 1.165) is 24.4 Å². The first-order valence-electron chi connectivity index (χ1n) is 7.33. The molecule has 0 amide bonds. The lowest BCUT2D eigenvalue weighted by Gasteiger charge is -2.18. The second kappa shape index (κ2) is 6.06. The van der Waals surface area contributed by atoms with Gasteiger partial charge in [-0.3, -0.25) is 9.67 Å². The Bertz CT molecular complexity index is 727. The average Bonchev–Trinajstić information content (AvgIpc) is 2.91. The van der Waals surface area contributed by atoms with Crippen LogP contribution in [0.5, 0.6) is 0 Å². The summed E-state index contributed by atoms with van der Waals surface area (Å²) in [5.41, 5.74) is 2.18. The van der Waals surface area contributed by atoms with Crippen LogP contribution in [0, 0.1) is 0 Å². The third-order valence-corrected chi connectivity index (χ3v) is 3.67. The highest BCUT2D eigenvalue weighted by molar-refractivity contribution is 5.84. The zero-order valence-electron chi connectivity index (χ0n) is 12.5. The minimum atomic E-state index is 0.177. The van der Waals surface area contributed by atoms with Gasteiger partial charge < -0.3 is 5.32 Å². The molecule has 0 saturated heterocycles. The Hall–Kier alpha value is -2.20. The number of aryl methyl sites for hydroxylation is 1. The van der Waals surface area contributed by atoms with E-state index in [-0.39, 0.29) is 6.04 Å². The number of rotatable bonds is 5. The smallest absolute Gasteiger partial charge is 0.0655 e. The number of nitrogens with one attached hydrogen (secondary N) is 1. The number of pyridine rings is 1. The molecule has 0 radical (unpaired) electrons. The van der Waals surface area contributed by atoms with Crippen LogP contribution >= 0.6 is 0 Å². The first-order valence-corrected chi connectivity index (χ1v) is 7.33. The third kappa shape index (κ3) is 2.95. The first kappa shape index (κ1) is 13.8. The minimum Gasteiger partial charge on any atom is -0.309 e. The number of nitrogens with zero attached hydrogens (tertiary/aromatic N) is 3. The van der Waals surface area contributed by atoms with E-state index < -0.39 is 0 Å². The number of fused-ring (bicyclic) bond motifs is 1. The van der Waals surface area contributed by atoms with Gasteiger partial charge in [-0.05, 0) is 24.1 Å². The molecule has 3 aromatic rings. The quantitative estimate of drug-likeness (QED) is 0.781. The van der Waals surface area contributed by atoms with Gasteiger partial charge >= 0.3 is 0 Å². The molecule has 0 aliphatic heterocycles. The molecule has 0 fully saturated rings. The van der Waals surface area contributed by atoms with Gasteiger partial charge in [0.2, 0.25) is 0 Å². The van der Waals surface area contributed by atoms with Gasteiger partial charge in [-0.25, -0.2) is 0 Å². The van der Waals surface area contributed by atoms with Crippen molar-refractivity contribution in [3.63, 3.8) is 0 Å². The maximum Gasteiger partial charge on any atom is 0.0655 e. The number of aromatic nitrogens is 3. The molecular weight excluding hydrogens is 260 g/mol. The van der Waals surface area contributed by atoms with Gasteiger partial charge in [0.05, 0.1) is 17.4 Å². The molecule has 0 spiro atoms. The second-order valence-corrected chi connectivity index (χ2v) is 5.21. The lowest BCUT2D eigenvalue weighted by Crippen LogP contribution is -2.24. The monoisotopic (exact) mass is 280 g/mol. The molecule has 4 nitrogen and oxygen atoms in total. The van der Waals surface area contributed by atoms with Crippen molar-refractivity contribution in [2.75, 3.05) is 6.54 Å². The van der Waals surface area contributed by atoms with Crippen LogP contribution in [0.15, 0.2) is 48.8 Å². The van der Waals surface area contributed by atoms with Gasteiger partial charge in [0.25, 0.3) is 0 Å². The van der Waals surface area contributed by atoms with Crippen molar-refractivity contribution >= 4 is 10.8 Å². The molecule has 1 aromatic carbocycles. The molecule has 4 heteroatoms. The maximum atomic E-state index is 4.63. The molecule has 1 unspecified atom stereocenters. The molecule has 0 aliphatic carbocycles. The molecule has 2 aromatic heterocycles. The first-order chi connectivity index (χ1) is 10.3. The molecule has 2 heterocycles. The molecular formula is C17H20N4. The lowest BCUT2D eigenvalue weighted by molar-refractivity contribution is 0.531. The van der Waals surface area contributed by atoms with Gasteiger partial charge in [0.15, 0.2) is 0 Å². The summed E-state index contributed by atoms with van der Waals surface area (Å²) in [4.78, 5) is 4.63. The van der Waals surface area contributed by atoms with Crippen molar-refractivity contribution in [3.05, 3.63) is 60.2 Å². The number of hydrogen-bond donors (Lipinski definition) is 1. The van der Waals surface area contributed by atoms with E-state index in [1.165, 1.54) is 10.8 Å². The van der Waals surface area contributed by atoms with E-state index >= 15 is 0 Å². The molecule has 108 valence electrons. The SMILES string of the molecule is CCNC(Cc1ccn(C)n1)c1nccc2ccccc12. The highest BCUT2D eigenvalue weighted by atomic mass is 15.2. The van der Waals surface area contributed by atoms with Crippen molar-refractivity contribution in [2.45, 2.75) is 19.4 Å². The Morgan fingerprint density at radius 2 is 2.05 bits per heavy atom. The van der Waals surface area contributed by atoms with E-state index in [0.29, 0.717) is 0 Å². The summed E-state index contributed by atoms with van der Waals surface area (Å²) in [6, 6.07) is 12.7. The summed E-state index contributed by atoms with van der Waals surface area (Å²) >= 11 is 0. The Morgan fingerprint density at radius 3 is 2.81 bits per heavy atom. The normalized spacial score (nSPS) is 12.7. The zero-order valence-corrected chi connectivity index (χ0v) is 12.5. The van der Waals surface area contributed by atoms with Gasteiger partial charge in [-0.2, -0.15) is 5.10 Å². The van der Waals surface area contributed by atoms with Gasteiger partial charge in [0, 0.05) is 31.2 Å². The van der Waals surface area contributed by atoms with Gasteiger partial charge in [-0.1, -0.05) is 31.2 Å². The van der Waals surface area contributed by atoms with E-state index in [1.807, 2.05) is 24.1 Å². The minimum absolute atomic E-state index is 0.177. The van der Waals surface area contributed by atoms with Crippen molar-refractivity contribution in [1.82, 2.24) is 20.1 Å². The molecule has 1 atom stereocenters. The Kier molecular flexibility index (Phi) is 3.97. The highest BCUT2D eigenvalue weighted by Crippen LogP contribution is 2.24. The Labute approximate surface area is 124 Å². The summed E-state index contributed by atoms with van der Waals surface area (Å²) in [5.74, 6) is 0. The van der Waals surface area contributed by atoms with Crippen LogP contribution in [-0.4, -0.2) is 21.3 Å². The predicted molar refractivity (Wildman–Crippen MR) is 85.1 cm³/mol. The second-order valence-electron chi connectivity index (χ2n) is 5.21. The van der Waals surface area contributed by atoms with Crippen LogP contribution < -0.4 is 5.32 Å². The third-order valence-electron chi connectivity index (χ3n) is 3.67. The zero-order chi connectivity index (χ0) is 14.7. The molecule has 1 N–H and O–H groups in total. The van der Waals surface area contributed by atoms with Crippen LogP contribution in [0.4, 0.5) is 0 Å². The largest absolute Gasteiger partial charge is 0.309 e. The molecule has 0 saturated carbocycles. The number of benzene rings is 1. The summed E-state index contributed by atoms with van der Waals surface area (Å²) in [5, 5.41) is 10.5. The van der Waals surface area contributed by atoms with Crippen LogP contribution in [0.3, 0.4) is 0 Å².